The van der Waals surface area contributed by atoms with Crippen molar-refractivity contribution < 1.29 is 13.2 Å². The highest BCUT2D eigenvalue weighted by Crippen LogP contribution is 2.21. The van der Waals surface area contributed by atoms with E-state index >= 15 is 0 Å². The maximum Gasteiger partial charge on any atom is 0.229 e. The Balaban J connectivity index is 1.71. The van der Waals surface area contributed by atoms with Crippen LogP contribution in [0.1, 0.15) is 5.56 Å². The van der Waals surface area contributed by atoms with Crippen molar-refractivity contribution in [2.45, 2.75) is 6.54 Å². The van der Waals surface area contributed by atoms with Crippen molar-refractivity contribution in [2.75, 3.05) is 10.6 Å². The number of hydrogen-bond donors (Lipinski definition) is 2. The second-order valence-corrected chi connectivity index (χ2v) is 4.97. The zero-order valence-corrected chi connectivity index (χ0v) is 12.4. The van der Waals surface area contributed by atoms with Crippen molar-refractivity contribution in [3.05, 3.63) is 77.7 Å². The van der Waals surface area contributed by atoms with Crippen molar-refractivity contribution in [1.29, 1.82) is 0 Å². The summed E-state index contributed by atoms with van der Waals surface area (Å²) in [5.41, 5.74) is 0.554. The molecule has 0 aliphatic carbocycles. The van der Waals surface area contributed by atoms with Crippen LogP contribution in [0, 0.1) is 17.5 Å². The standard InChI is InChI=1S/C17H13F3N4/c18-12-6-4-11(5-7-12)10-22-15-8-9-21-17(23-15)24-16-13(19)2-1-3-14(16)20/h1-9H,10H2,(H2,21,22,23,24). The summed E-state index contributed by atoms with van der Waals surface area (Å²) in [6.45, 7) is 0.421. The van der Waals surface area contributed by atoms with Crippen LogP contribution in [0.3, 0.4) is 0 Å². The summed E-state index contributed by atoms with van der Waals surface area (Å²) >= 11 is 0. The number of rotatable bonds is 5. The van der Waals surface area contributed by atoms with Crippen molar-refractivity contribution in [3.8, 4) is 0 Å². The lowest BCUT2D eigenvalue weighted by molar-refractivity contribution is 0.590. The highest BCUT2D eigenvalue weighted by atomic mass is 19.1. The van der Waals surface area contributed by atoms with Gasteiger partial charge in [0.05, 0.1) is 0 Å². The first-order chi connectivity index (χ1) is 11.6. The van der Waals surface area contributed by atoms with E-state index in [1.807, 2.05) is 0 Å². The fourth-order valence-electron chi connectivity index (χ4n) is 2.04. The Morgan fingerprint density at radius 1 is 0.875 bits per heavy atom. The van der Waals surface area contributed by atoms with E-state index in [4.69, 9.17) is 0 Å². The van der Waals surface area contributed by atoms with Crippen molar-refractivity contribution in [1.82, 2.24) is 9.97 Å². The third-order valence-corrected chi connectivity index (χ3v) is 3.24. The van der Waals surface area contributed by atoms with E-state index in [9.17, 15) is 13.2 Å². The van der Waals surface area contributed by atoms with E-state index in [0.29, 0.717) is 12.4 Å². The zero-order chi connectivity index (χ0) is 16.9. The molecule has 0 saturated heterocycles. The van der Waals surface area contributed by atoms with Crippen molar-refractivity contribution >= 4 is 17.5 Å². The average molecular weight is 330 g/mol. The Morgan fingerprint density at radius 3 is 2.29 bits per heavy atom. The van der Waals surface area contributed by atoms with Gasteiger partial charge in [-0.1, -0.05) is 18.2 Å². The SMILES string of the molecule is Fc1ccc(CNc2ccnc(Nc3c(F)cccc3F)n2)cc1. The number of anilines is 3. The van der Waals surface area contributed by atoms with Gasteiger partial charge in [-0.05, 0) is 35.9 Å². The third-order valence-electron chi connectivity index (χ3n) is 3.24. The molecule has 0 spiro atoms. The molecule has 3 aromatic rings. The molecule has 0 saturated carbocycles. The van der Waals surface area contributed by atoms with Gasteiger partial charge < -0.3 is 10.6 Å². The third kappa shape index (κ3) is 3.81. The summed E-state index contributed by atoms with van der Waals surface area (Å²) < 4.78 is 40.1. The number of nitrogens with zero attached hydrogens (tertiary/aromatic N) is 2. The molecule has 122 valence electrons. The molecule has 0 unspecified atom stereocenters. The van der Waals surface area contributed by atoms with Gasteiger partial charge in [-0.2, -0.15) is 4.98 Å². The summed E-state index contributed by atoms with van der Waals surface area (Å²) in [4.78, 5) is 8.08. The van der Waals surface area contributed by atoms with E-state index < -0.39 is 11.6 Å². The molecule has 1 aromatic heterocycles. The Bertz CT molecular complexity index is 817. The van der Waals surface area contributed by atoms with Gasteiger partial charge in [-0.3, -0.25) is 0 Å². The molecule has 0 aliphatic rings. The molecule has 2 N–H and O–H groups in total. The maximum absolute atomic E-state index is 13.6. The van der Waals surface area contributed by atoms with Crippen LogP contribution in [0.4, 0.5) is 30.6 Å². The minimum absolute atomic E-state index is 0.0584. The second-order valence-electron chi connectivity index (χ2n) is 4.97. The molecule has 0 aliphatic heterocycles. The van der Waals surface area contributed by atoms with Gasteiger partial charge in [-0.15, -0.1) is 0 Å². The summed E-state index contributed by atoms with van der Waals surface area (Å²) in [7, 11) is 0. The molecule has 7 heteroatoms. The van der Waals surface area contributed by atoms with Crippen LogP contribution < -0.4 is 10.6 Å². The Labute approximate surface area is 136 Å². The lowest BCUT2D eigenvalue weighted by Crippen LogP contribution is -2.05. The van der Waals surface area contributed by atoms with Gasteiger partial charge in [0.1, 0.15) is 29.0 Å². The Morgan fingerprint density at radius 2 is 1.58 bits per heavy atom. The minimum Gasteiger partial charge on any atom is -0.366 e. The highest BCUT2D eigenvalue weighted by molar-refractivity contribution is 5.56. The fraction of sp³-hybridized carbons (Fsp3) is 0.0588. The molecule has 3 rings (SSSR count). The quantitative estimate of drug-likeness (QED) is 0.734. The van der Waals surface area contributed by atoms with Crippen LogP contribution in [0.2, 0.25) is 0 Å². The molecule has 0 radical (unpaired) electrons. The van der Waals surface area contributed by atoms with Crippen LogP contribution in [0.25, 0.3) is 0 Å². The molecular formula is C17H13F3N4. The second kappa shape index (κ2) is 6.99. The minimum atomic E-state index is -0.733. The highest BCUT2D eigenvalue weighted by Gasteiger charge is 2.10. The van der Waals surface area contributed by atoms with E-state index in [1.54, 1.807) is 18.2 Å². The zero-order valence-electron chi connectivity index (χ0n) is 12.4. The summed E-state index contributed by atoms with van der Waals surface area (Å²) in [5, 5.41) is 5.56. The first-order valence-electron chi connectivity index (χ1n) is 7.14. The number of nitrogens with one attached hydrogen (secondary N) is 2. The number of benzene rings is 2. The lowest BCUT2D eigenvalue weighted by Gasteiger charge is -2.09. The fourth-order valence-corrected chi connectivity index (χ4v) is 2.04. The Hall–Kier alpha value is -3.09. The van der Waals surface area contributed by atoms with Crippen molar-refractivity contribution in [2.24, 2.45) is 0 Å². The molecule has 0 atom stereocenters. The van der Waals surface area contributed by atoms with E-state index in [-0.39, 0.29) is 17.5 Å². The first-order valence-corrected chi connectivity index (χ1v) is 7.14. The van der Waals surface area contributed by atoms with Crippen LogP contribution in [-0.4, -0.2) is 9.97 Å². The summed E-state index contributed by atoms with van der Waals surface area (Å²) in [6, 6.07) is 11.2. The van der Waals surface area contributed by atoms with Gasteiger partial charge in [0, 0.05) is 12.7 Å². The first kappa shape index (κ1) is 15.8. The molecule has 2 aromatic carbocycles. The normalized spacial score (nSPS) is 10.5. The van der Waals surface area contributed by atoms with Gasteiger partial charge in [0.25, 0.3) is 0 Å². The summed E-state index contributed by atoms with van der Waals surface area (Å²) in [5.74, 6) is -1.25. The molecule has 4 nitrogen and oxygen atoms in total. The smallest absolute Gasteiger partial charge is 0.229 e. The molecule has 0 bridgehead atoms. The topological polar surface area (TPSA) is 49.8 Å². The van der Waals surface area contributed by atoms with Crippen LogP contribution in [-0.2, 0) is 6.54 Å². The number of para-hydroxylation sites is 1. The monoisotopic (exact) mass is 330 g/mol. The van der Waals surface area contributed by atoms with Crippen LogP contribution in [0.15, 0.2) is 54.7 Å². The number of hydrogen-bond acceptors (Lipinski definition) is 4. The maximum atomic E-state index is 13.6. The van der Waals surface area contributed by atoms with Crippen molar-refractivity contribution in [3.63, 3.8) is 0 Å². The Kier molecular flexibility index (Phi) is 4.60. The molecule has 24 heavy (non-hydrogen) atoms. The van der Waals surface area contributed by atoms with Gasteiger partial charge in [-0.25, -0.2) is 18.2 Å². The predicted molar refractivity (Wildman–Crippen MR) is 85.4 cm³/mol. The largest absolute Gasteiger partial charge is 0.366 e. The number of halogens is 3. The lowest BCUT2D eigenvalue weighted by atomic mass is 10.2. The van der Waals surface area contributed by atoms with Crippen LogP contribution >= 0.6 is 0 Å². The van der Waals surface area contributed by atoms with Gasteiger partial charge in [0.2, 0.25) is 5.95 Å². The molecule has 0 fully saturated rings. The van der Waals surface area contributed by atoms with E-state index in [0.717, 1.165) is 17.7 Å². The van der Waals surface area contributed by atoms with E-state index in [2.05, 4.69) is 20.6 Å². The predicted octanol–water partition coefficient (Wildman–Crippen LogP) is 4.25. The van der Waals surface area contributed by atoms with Gasteiger partial charge in [0.15, 0.2) is 0 Å². The van der Waals surface area contributed by atoms with E-state index in [1.165, 1.54) is 24.4 Å². The van der Waals surface area contributed by atoms with Crippen LogP contribution in [0.5, 0.6) is 0 Å². The average Bonchev–Trinajstić information content (AvgIpc) is 2.58. The summed E-state index contributed by atoms with van der Waals surface area (Å²) in [6.07, 6.45) is 1.46. The molecule has 1 heterocycles. The van der Waals surface area contributed by atoms with Gasteiger partial charge >= 0.3 is 0 Å². The molecular weight excluding hydrogens is 317 g/mol. The molecule has 0 amide bonds. The number of aromatic nitrogens is 2.